The van der Waals surface area contributed by atoms with Crippen molar-refractivity contribution in [2.24, 2.45) is 27.2 Å². The summed E-state index contributed by atoms with van der Waals surface area (Å²) in [4.78, 5) is 11.9. The van der Waals surface area contributed by atoms with Crippen LogP contribution in [0.5, 0.6) is 0 Å². The van der Waals surface area contributed by atoms with E-state index in [0.717, 1.165) is 17.7 Å². The van der Waals surface area contributed by atoms with Crippen LogP contribution >= 0.6 is 0 Å². The summed E-state index contributed by atoms with van der Waals surface area (Å²) in [5.41, 5.74) is 17.9. The minimum Gasteiger partial charge on any atom is -0.370 e. The molecule has 0 aliphatic carbocycles. The van der Waals surface area contributed by atoms with Crippen molar-refractivity contribution in [1.29, 1.82) is 0 Å². The van der Waals surface area contributed by atoms with Crippen molar-refractivity contribution in [2.75, 3.05) is 0 Å². The van der Waals surface area contributed by atoms with E-state index >= 15 is 0 Å². The van der Waals surface area contributed by atoms with E-state index in [1.807, 2.05) is 12.1 Å². The standard InChI is InChI=1S/C10H16N6/c1-2-7-4-3-5-14-8(7)6-15-10(13)16-9(11)12/h3-5H,2,6H2,1H3,(H6,11,12,13,15,16). The van der Waals surface area contributed by atoms with E-state index in [0.29, 0.717) is 6.54 Å². The maximum atomic E-state index is 5.49. The molecular weight excluding hydrogens is 204 g/mol. The van der Waals surface area contributed by atoms with Gasteiger partial charge in [0.05, 0.1) is 12.2 Å². The molecule has 0 radical (unpaired) electrons. The molecule has 1 aromatic heterocycles. The van der Waals surface area contributed by atoms with Gasteiger partial charge in [0.2, 0.25) is 5.96 Å². The SMILES string of the molecule is CCc1cccnc1CN=C(N)N=C(N)N. The fraction of sp³-hybridized carbons (Fsp3) is 0.300. The topological polar surface area (TPSA) is 116 Å². The average Bonchev–Trinajstić information content (AvgIpc) is 2.26. The monoisotopic (exact) mass is 220 g/mol. The molecule has 0 saturated carbocycles. The second kappa shape index (κ2) is 5.69. The number of aryl methyl sites for hydroxylation is 1. The molecular formula is C10H16N6. The molecule has 1 rings (SSSR count). The second-order valence-corrected chi connectivity index (χ2v) is 3.17. The fourth-order valence-corrected chi connectivity index (χ4v) is 1.26. The van der Waals surface area contributed by atoms with Gasteiger partial charge in [-0.3, -0.25) is 4.98 Å². The van der Waals surface area contributed by atoms with Gasteiger partial charge in [0.1, 0.15) is 0 Å². The Hall–Kier alpha value is -2.11. The number of guanidine groups is 2. The summed E-state index contributed by atoms with van der Waals surface area (Å²) in [7, 11) is 0. The van der Waals surface area contributed by atoms with E-state index in [1.54, 1.807) is 6.20 Å². The van der Waals surface area contributed by atoms with Gasteiger partial charge in [0, 0.05) is 6.20 Å². The van der Waals surface area contributed by atoms with Crippen LogP contribution in [0.25, 0.3) is 0 Å². The van der Waals surface area contributed by atoms with Crippen LogP contribution in [-0.4, -0.2) is 16.9 Å². The van der Waals surface area contributed by atoms with Crippen LogP contribution in [0.3, 0.4) is 0 Å². The van der Waals surface area contributed by atoms with Crippen LogP contribution in [0.2, 0.25) is 0 Å². The number of hydrogen-bond acceptors (Lipinski definition) is 2. The van der Waals surface area contributed by atoms with Crippen LogP contribution in [0.15, 0.2) is 28.3 Å². The van der Waals surface area contributed by atoms with Crippen LogP contribution < -0.4 is 17.2 Å². The lowest BCUT2D eigenvalue weighted by molar-refractivity contribution is 0.931. The van der Waals surface area contributed by atoms with Crippen molar-refractivity contribution in [3.05, 3.63) is 29.6 Å². The molecule has 0 unspecified atom stereocenters. The summed E-state index contributed by atoms with van der Waals surface area (Å²) in [6, 6.07) is 3.90. The van der Waals surface area contributed by atoms with Gasteiger partial charge >= 0.3 is 0 Å². The molecule has 0 fully saturated rings. The molecule has 86 valence electrons. The number of aromatic nitrogens is 1. The number of nitrogens with zero attached hydrogens (tertiary/aromatic N) is 3. The Morgan fingerprint density at radius 3 is 2.75 bits per heavy atom. The number of hydrogen-bond donors (Lipinski definition) is 3. The molecule has 0 saturated heterocycles. The molecule has 16 heavy (non-hydrogen) atoms. The Labute approximate surface area is 94.3 Å². The summed E-state index contributed by atoms with van der Waals surface area (Å²) >= 11 is 0. The summed E-state index contributed by atoms with van der Waals surface area (Å²) in [5, 5.41) is 0. The zero-order chi connectivity index (χ0) is 12.0. The molecule has 0 spiro atoms. The van der Waals surface area contributed by atoms with E-state index in [4.69, 9.17) is 17.2 Å². The molecule has 0 bridgehead atoms. The molecule has 0 aromatic carbocycles. The van der Waals surface area contributed by atoms with Gasteiger partial charge in [-0.15, -0.1) is 0 Å². The van der Waals surface area contributed by atoms with E-state index in [2.05, 4.69) is 21.9 Å². The van der Waals surface area contributed by atoms with Crippen LogP contribution in [0.1, 0.15) is 18.2 Å². The maximum absolute atomic E-state index is 5.49. The first-order valence-electron chi connectivity index (χ1n) is 4.95. The number of rotatable bonds is 3. The van der Waals surface area contributed by atoms with Gasteiger partial charge < -0.3 is 17.2 Å². The molecule has 1 heterocycles. The normalized spacial score (nSPS) is 11.2. The largest absolute Gasteiger partial charge is 0.370 e. The predicted molar refractivity (Wildman–Crippen MR) is 64.8 cm³/mol. The number of nitrogens with two attached hydrogens (primary N) is 3. The van der Waals surface area contributed by atoms with E-state index in [-0.39, 0.29) is 11.9 Å². The van der Waals surface area contributed by atoms with Crippen LogP contribution in [0, 0.1) is 0 Å². The highest BCUT2D eigenvalue weighted by Crippen LogP contribution is 2.07. The first kappa shape index (κ1) is 12.0. The number of aliphatic imine (C=N–C) groups is 2. The van der Waals surface area contributed by atoms with Gasteiger partial charge in [0.15, 0.2) is 5.96 Å². The van der Waals surface area contributed by atoms with Gasteiger partial charge in [-0.25, -0.2) is 4.99 Å². The lowest BCUT2D eigenvalue weighted by Gasteiger charge is -2.03. The molecule has 6 heteroatoms. The van der Waals surface area contributed by atoms with Gasteiger partial charge in [-0.2, -0.15) is 4.99 Å². The third kappa shape index (κ3) is 3.56. The Balaban J connectivity index is 2.78. The Morgan fingerprint density at radius 1 is 1.38 bits per heavy atom. The Kier molecular flexibility index (Phi) is 4.26. The zero-order valence-corrected chi connectivity index (χ0v) is 9.22. The van der Waals surface area contributed by atoms with E-state index in [9.17, 15) is 0 Å². The van der Waals surface area contributed by atoms with E-state index < -0.39 is 0 Å². The smallest absolute Gasteiger partial charge is 0.218 e. The predicted octanol–water partition coefficient (Wildman–Crippen LogP) is -0.268. The van der Waals surface area contributed by atoms with Crippen LogP contribution in [-0.2, 0) is 13.0 Å². The minimum atomic E-state index is -0.0991. The van der Waals surface area contributed by atoms with Crippen molar-refractivity contribution in [1.82, 2.24) is 4.98 Å². The number of pyridine rings is 1. The molecule has 0 atom stereocenters. The van der Waals surface area contributed by atoms with Crippen LogP contribution in [0.4, 0.5) is 0 Å². The highest BCUT2D eigenvalue weighted by molar-refractivity contribution is 5.92. The first-order valence-corrected chi connectivity index (χ1v) is 4.95. The third-order valence-corrected chi connectivity index (χ3v) is 2.00. The first-order chi connectivity index (χ1) is 7.63. The third-order valence-electron chi connectivity index (χ3n) is 2.00. The molecule has 0 amide bonds. The summed E-state index contributed by atoms with van der Waals surface area (Å²) in [6.07, 6.45) is 2.63. The summed E-state index contributed by atoms with van der Waals surface area (Å²) < 4.78 is 0. The lowest BCUT2D eigenvalue weighted by Crippen LogP contribution is -2.26. The van der Waals surface area contributed by atoms with Crippen molar-refractivity contribution in [3.8, 4) is 0 Å². The molecule has 6 N–H and O–H groups in total. The quantitative estimate of drug-likeness (QED) is 0.480. The Morgan fingerprint density at radius 2 is 2.12 bits per heavy atom. The van der Waals surface area contributed by atoms with Crippen molar-refractivity contribution < 1.29 is 0 Å². The fourth-order valence-electron chi connectivity index (χ4n) is 1.26. The lowest BCUT2D eigenvalue weighted by atomic mass is 10.1. The highest BCUT2D eigenvalue weighted by atomic mass is 15.1. The van der Waals surface area contributed by atoms with Gasteiger partial charge in [-0.05, 0) is 18.1 Å². The molecule has 6 nitrogen and oxygen atoms in total. The molecule has 0 aliphatic rings. The van der Waals surface area contributed by atoms with Gasteiger partial charge in [-0.1, -0.05) is 13.0 Å². The van der Waals surface area contributed by atoms with E-state index in [1.165, 1.54) is 0 Å². The van der Waals surface area contributed by atoms with Crippen molar-refractivity contribution >= 4 is 11.9 Å². The average molecular weight is 220 g/mol. The van der Waals surface area contributed by atoms with Gasteiger partial charge in [0.25, 0.3) is 0 Å². The molecule has 1 aromatic rings. The summed E-state index contributed by atoms with van der Waals surface area (Å²) in [5.74, 6) is -0.0364. The molecule has 0 aliphatic heterocycles. The second-order valence-electron chi connectivity index (χ2n) is 3.17. The van der Waals surface area contributed by atoms with Crippen molar-refractivity contribution in [3.63, 3.8) is 0 Å². The highest BCUT2D eigenvalue weighted by Gasteiger charge is 2.00. The zero-order valence-electron chi connectivity index (χ0n) is 9.22. The minimum absolute atomic E-state index is 0.0627. The maximum Gasteiger partial charge on any atom is 0.218 e. The summed E-state index contributed by atoms with van der Waals surface area (Å²) in [6.45, 7) is 2.44. The Bertz CT molecular complexity index is 406. The van der Waals surface area contributed by atoms with Crippen molar-refractivity contribution in [2.45, 2.75) is 19.9 Å².